The molecular weight excluding hydrogens is 440 g/mol. The molecule has 0 saturated carbocycles. The lowest BCUT2D eigenvalue weighted by Gasteiger charge is -2.17. The fourth-order valence-corrected chi connectivity index (χ4v) is 3.79. The second kappa shape index (κ2) is 9.45. The van der Waals surface area contributed by atoms with Gasteiger partial charge in [0, 0.05) is 30.4 Å². The zero-order valence-electron chi connectivity index (χ0n) is 18.2. The van der Waals surface area contributed by atoms with E-state index in [-0.39, 0.29) is 28.8 Å². The number of carbonyl (C=O) groups is 3. The van der Waals surface area contributed by atoms with Crippen molar-refractivity contribution in [3.8, 4) is 0 Å². The Morgan fingerprint density at radius 3 is 2.47 bits per heavy atom. The molecule has 0 aliphatic carbocycles. The Hall–Kier alpha value is -4.67. The number of hydrogen-bond donors (Lipinski definition) is 6. The molecule has 4 aromatic rings. The summed E-state index contributed by atoms with van der Waals surface area (Å²) in [5.41, 5.74) is 0.812. The Morgan fingerprint density at radius 1 is 0.941 bits per heavy atom. The number of fused-ring (bicyclic) bond motifs is 2. The van der Waals surface area contributed by atoms with Crippen molar-refractivity contribution in [3.05, 3.63) is 74.9 Å². The zero-order valence-corrected chi connectivity index (χ0v) is 18.2. The lowest BCUT2D eigenvalue weighted by Crippen LogP contribution is -2.49. The molecule has 6 N–H and O–H groups in total. The van der Waals surface area contributed by atoms with Crippen LogP contribution in [0.1, 0.15) is 12.5 Å². The molecule has 2 aromatic carbocycles. The second-order valence-corrected chi connectivity index (χ2v) is 7.72. The van der Waals surface area contributed by atoms with Gasteiger partial charge in [0.25, 0.3) is 11.1 Å². The zero-order chi connectivity index (χ0) is 24.2. The molecule has 0 radical (unpaired) electrons. The van der Waals surface area contributed by atoms with Gasteiger partial charge in [-0.1, -0.05) is 24.3 Å². The standard InChI is InChI=1S/C23H22N6O5/c1-12(30)26-18(9-13-10-24-16-7-3-2-5-14(13)16)22(33)25-11-19(31)27-17-8-4-6-15-20(17)23(34)29-28-21(15)32/h2-8,10,18,24H,9,11H2,1H3,(H,25,33)(H,26,30)(H,27,31)(H,28,32)(H,29,34)/t18-/m0/s1. The number of hydrogen-bond acceptors (Lipinski definition) is 5. The van der Waals surface area contributed by atoms with E-state index in [0.717, 1.165) is 16.5 Å². The maximum Gasteiger partial charge on any atom is 0.272 e. The van der Waals surface area contributed by atoms with Crippen LogP contribution < -0.4 is 27.1 Å². The first kappa shape index (κ1) is 22.5. The van der Waals surface area contributed by atoms with Crippen molar-refractivity contribution in [2.45, 2.75) is 19.4 Å². The van der Waals surface area contributed by atoms with Crippen LogP contribution in [0.3, 0.4) is 0 Å². The summed E-state index contributed by atoms with van der Waals surface area (Å²) in [6.07, 6.45) is 2.00. The summed E-state index contributed by atoms with van der Waals surface area (Å²) in [5, 5.41) is 13.2. The summed E-state index contributed by atoms with van der Waals surface area (Å²) in [4.78, 5) is 64.1. The monoisotopic (exact) mass is 462 g/mol. The number of H-pyrrole nitrogens is 3. The molecule has 3 amide bonds. The Balaban J connectivity index is 1.46. The van der Waals surface area contributed by atoms with Crippen LogP contribution in [-0.4, -0.2) is 45.5 Å². The number of carbonyl (C=O) groups excluding carboxylic acids is 3. The van der Waals surface area contributed by atoms with Crippen molar-refractivity contribution < 1.29 is 14.4 Å². The van der Waals surface area contributed by atoms with Crippen LogP contribution in [0.4, 0.5) is 5.69 Å². The van der Waals surface area contributed by atoms with Gasteiger partial charge in [0.05, 0.1) is 23.0 Å². The first-order chi connectivity index (χ1) is 16.3. The minimum atomic E-state index is -0.900. The van der Waals surface area contributed by atoms with E-state index in [4.69, 9.17) is 0 Å². The smallest absolute Gasteiger partial charge is 0.272 e. The van der Waals surface area contributed by atoms with E-state index in [0.29, 0.717) is 0 Å². The molecule has 1 atom stereocenters. The molecule has 174 valence electrons. The van der Waals surface area contributed by atoms with Gasteiger partial charge in [0.1, 0.15) is 6.04 Å². The highest BCUT2D eigenvalue weighted by molar-refractivity contribution is 6.03. The van der Waals surface area contributed by atoms with Crippen LogP contribution in [0.15, 0.2) is 58.3 Å². The third kappa shape index (κ3) is 4.72. The molecule has 34 heavy (non-hydrogen) atoms. The van der Waals surface area contributed by atoms with E-state index in [2.05, 4.69) is 31.1 Å². The summed E-state index contributed by atoms with van der Waals surface area (Å²) >= 11 is 0. The molecule has 0 spiro atoms. The summed E-state index contributed by atoms with van der Waals surface area (Å²) in [5.74, 6) is -1.53. The Kier molecular flexibility index (Phi) is 6.26. The maximum atomic E-state index is 12.8. The van der Waals surface area contributed by atoms with Crippen molar-refractivity contribution in [1.29, 1.82) is 0 Å². The van der Waals surface area contributed by atoms with Gasteiger partial charge in [-0.3, -0.25) is 34.2 Å². The number of aromatic nitrogens is 3. The maximum absolute atomic E-state index is 12.8. The molecule has 11 heteroatoms. The van der Waals surface area contributed by atoms with Crippen molar-refractivity contribution in [3.63, 3.8) is 0 Å². The Labute approximate surface area is 191 Å². The average molecular weight is 462 g/mol. The number of aromatic amines is 3. The van der Waals surface area contributed by atoms with E-state index in [9.17, 15) is 24.0 Å². The molecule has 2 aromatic heterocycles. The van der Waals surface area contributed by atoms with Crippen molar-refractivity contribution in [2.75, 3.05) is 11.9 Å². The number of nitrogens with one attached hydrogen (secondary N) is 6. The number of benzene rings is 2. The molecule has 0 saturated heterocycles. The molecule has 0 unspecified atom stereocenters. The minimum Gasteiger partial charge on any atom is -0.361 e. The molecule has 2 heterocycles. The molecule has 4 rings (SSSR count). The molecule has 11 nitrogen and oxygen atoms in total. The van der Waals surface area contributed by atoms with E-state index < -0.39 is 35.5 Å². The molecular formula is C23H22N6O5. The summed E-state index contributed by atoms with van der Waals surface area (Å²) in [7, 11) is 0. The lowest BCUT2D eigenvalue weighted by atomic mass is 10.0. The number of rotatable bonds is 7. The summed E-state index contributed by atoms with van der Waals surface area (Å²) in [6, 6.07) is 11.2. The molecule has 0 aliphatic rings. The van der Waals surface area contributed by atoms with E-state index in [1.54, 1.807) is 6.20 Å². The normalized spacial score (nSPS) is 11.8. The third-order valence-electron chi connectivity index (χ3n) is 5.32. The van der Waals surface area contributed by atoms with Gasteiger partial charge in [-0.15, -0.1) is 0 Å². The lowest BCUT2D eigenvalue weighted by molar-refractivity contribution is -0.129. The fourth-order valence-electron chi connectivity index (χ4n) is 3.79. The first-order valence-corrected chi connectivity index (χ1v) is 10.5. The van der Waals surface area contributed by atoms with E-state index >= 15 is 0 Å². The van der Waals surface area contributed by atoms with Crippen LogP contribution in [-0.2, 0) is 20.8 Å². The quantitative estimate of drug-likeness (QED) is 0.235. The molecule has 0 bridgehead atoms. The van der Waals surface area contributed by atoms with Gasteiger partial charge >= 0.3 is 0 Å². The van der Waals surface area contributed by atoms with Crippen LogP contribution in [0.5, 0.6) is 0 Å². The van der Waals surface area contributed by atoms with Gasteiger partial charge < -0.3 is 20.9 Å². The Bertz CT molecular complexity index is 1520. The highest BCUT2D eigenvalue weighted by Gasteiger charge is 2.22. The fraction of sp³-hybridized carbons (Fsp3) is 0.174. The predicted octanol–water partition coefficient (Wildman–Crippen LogP) is 0.500. The van der Waals surface area contributed by atoms with Crippen molar-refractivity contribution in [2.24, 2.45) is 0 Å². The minimum absolute atomic E-state index is 0.0291. The van der Waals surface area contributed by atoms with Gasteiger partial charge in [-0.25, -0.2) is 0 Å². The number of anilines is 1. The van der Waals surface area contributed by atoms with E-state index in [1.807, 2.05) is 24.3 Å². The predicted molar refractivity (Wildman–Crippen MR) is 126 cm³/mol. The number of amides is 3. The topological polar surface area (TPSA) is 169 Å². The van der Waals surface area contributed by atoms with Crippen molar-refractivity contribution in [1.82, 2.24) is 25.8 Å². The van der Waals surface area contributed by atoms with Gasteiger partial charge in [0.15, 0.2) is 0 Å². The van der Waals surface area contributed by atoms with Gasteiger partial charge in [-0.05, 0) is 23.8 Å². The Morgan fingerprint density at radius 2 is 1.68 bits per heavy atom. The second-order valence-electron chi connectivity index (χ2n) is 7.72. The van der Waals surface area contributed by atoms with Crippen LogP contribution in [0, 0.1) is 0 Å². The first-order valence-electron chi connectivity index (χ1n) is 10.5. The number of para-hydroxylation sites is 1. The van der Waals surface area contributed by atoms with Crippen LogP contribution in [0.25, 0.3) is 21.7 Å². The largest absolute Gasteiger partial charge is 0.361 e. The van der Waals surface area contributed by atoms with Crippen LogP contribution >= 0.6 is 0 Å². The highest BCUT2D eigenvalue weighted by Crippen LogP contribution is 2.19. The van der Waals surface area contributed by atoms with Gasteiger partial charge in [-0.2, -0.15) is 0 Å². The van der Waals surface area contributed by atoms with Gasteiger partial charge in [0.2, 0.25) is 17.7 Å². The molecule has 0 aliphatic heterocycles. The highest BCUT2D eigenvalue weighted by atomic mass is 16.2. The molecule has 0 fully saturated rings. The summed E-state index contributed by atoms with van der Waals surface area (Å²) < 4.78 is 0. The average Bonchev–Trinajstić information content (AvgIpc) is 3.22. The summed E-state index contributed by atoms with van der Waals surface area (Å²) in [6.45, 7) is 0.905. The van der Waals surface area contributed by atoms with E-state index in [1.165, 1.54) is 25.1 Å². The SMILES string of the molecule is CC(=O)N[C@@H](Cc1c[nH]c2ccccc12)C(=O)NCC(=O)Nc1cccc2c(=O)[nH][nH]c(=O)c12. The van der Waals surface area contributed by atoms with Crippen molar-refractivity contribution >= 4 is 45.1 Å². The van der Waals surface area contributed by atoms with Crippen LogP contribution in [0.2, 0.25) is 0 Å². The third-order valence-corrected chi connectivity index (χ3v) is 5.32.